The summed E-state index contributed by atoms with van der Waals surface area (Å²) in [4.78, 5) is 11.5. The highest BCUT2D eigenvalue weighted by Crippen LogP contribution is 2.43. The van der Waals surface area contributed by atoms with E-state index in [4.69, 9.17) is 5.26 Å². The molecule has 0 atom stereocenters. The van der Waals surface area contributed by atoms with Crippen molar-refractivity contribution in [1.82, 2.24) is 0 Å². The minimum Gasteiger partial charge on any atom is -0.462 e. The van der Waals surface area contributed by atoms with Gasteiger partial charge < -0.3 is 14.2 Å². The van der Waals surface area contributed by atoms with Gasteiger partial charge in [0.2, 0.25) is 0 Å². The van der Waals surface area contributed by atoms with Crippen LogP contribution in [0.4, 0.5) is 8.78 Å². The van der Waals surface area contributed by atoms with Crippen LogP contribution in [-0.4, -0.2) is 18.9 Å². The third-order valence-corrected chi connectivity index (χ3v) is 2.37. The van der Waals surface area contributed by atoms with E-state index in [0.29, 0.717) is 0 Å². The van der Waals surface area contributed by atoms with Gasteiger partial charge in [-0.25, -0.2) is 4.79 Å². The molecule has 0 unspecified atom stereocenters. The third-order valence-electron chi connectivity index (χ3n) is 2.37. The zero-order chi connectivity index (χ0) is 14.8. The topological polar surface area (TPSA) is 68.6 Å². The van der Waals surface area contributed by atoms with E-state index in [2.05, 4.69) is 14.2 Å². The van der Waals surface area contributed by atoms with Crippen molar-refractivity contribution in [2.75, 3.05) is 6.61 Å². The van der Waals surface area contributed by atoms with Crippen LogP contribution >= 0.6 is 0 Å². The molecule has 5 nitrogen and oxygen atoms in total. The van der Waals surface area contributed by atoms with Crippen molar-refractivity contribution in [3.8, 4) is 17.6 Å². The molecule has 0 aromatic heterocycles. The van der Waals surface area contributed by atoms with Crippen molar-refractivity contribution >= 4 is 12.0 Å². The highest BCUT2D eigenvalue weighted by atomic mass is 19.3. The van der Waals surface area contributed by atoms with E-state index in [1.165, 1.54) is 18.2 Å². The number of nitriles is 1. The molecule has 20 heavy (non-hydrogen) atoms. The maximum atomic E-state index is 13.0. The van der Waals surface area contributed by atoms with Crippen molar-refractivity contribution in [3.05, 3.63) is 29.3 Å². The molecule has 2 rings (SSSR count). The molecule has 0 bridgehead atoms. The zero-order valence-corrected chi connectivity index (χ0v) is 10.4. The average Bonchev–Trinajstić information content (AvgIpc) is 2.70. The Bertz CT molecular complexity index is 619. The van der Waals surface area contributed by atoms with Gasteiger partial charge in [-0.2, -0.15) is 5.26 Å². The van der Waals surface area contributed by atoms with Gasteiger partial charge >= 0.3 is 12.3 Å². The molecule has 0 radical (unpaired) electrons. The Hall–Kier alpha value is -2.62. The lowest BCUT2D eigenvalue weighted by atomic mass is 10.1. The first-order chi connectivity index (χ1) is 9.46. The third kappa shape index (κ3) is 2.69. The Labute approximate surface area is 113 Å². The van der Waals surface area contributed by atoms with Crippen LogP contribution in [0, 0.1) is 11.3 Å². The summed E-state index contributed by atoms with van der Waals surface area (Å²) in [5, 5.41) is 8.90. The first-order valence-electron chi connectivity index (χ1n) is 5.64. The number of benzene rings is 1. The Morgan fingerprint density at radius 2 is 2.25 bits per heavy atom. The first kappa shape index (κ1) is 13.8. The molecule has 1 aromatic rings. The van der Waals surface area contributed by atoms with Crippen LogP contribution < -0.4 is 9.47 Å². The number of nitrogens with zero attached hydrogens (tertiary/aromatic N) is 1. The Kier molecular flexibility index (Phi) is 3.57. The lowest BCUT2D eigenvalue weighted by Crippen LogP contribution is -2.26. The molecule has 0 aliphatic carbocycles. The number of alkyl halides is 2. The van der Waals surface area contributed by atoms with Gasteiger partial charge in [0.05, 0.1) is 6.61 Å². The maximum absolute atomic E-state index is 13.0. The number of hydrogen-bond donors (Lipinski definition) is 0. The Morgan fingerprint density at radius 3 is 2.90 bits per heavy atom. The van der Waals surface area contributed by atoms with Crippen LogP contribution in [-0.2, 0) is 9.53 Å². The smallest absolute Gasteiger partial charge is 0.462 e. The molecule has 1 aliphatic rings. The lowest BCUT2D eigenvalue weighted by molar-refractivity contribution is -0.286. The maximum Gasteiger partial charge on any atom is 0.586 e. The monoisotopic (exact) mass is 281 g/mol. The van der Waals surface area contributed by atoms with Gasteiger partial charge in [0, 0.05) is 5.56 Å². The predicted molar refractivity (Wildman–Crippen MR) is 62.9 cm³/mol. The highest BCUT2D eigenvalue weighted by Gasteiger charge is 2.44. The van der Waals surface area contributed by atoms with E-state index in [1.54, 1.807) is 13.0 Å². The van der Waals surface area contributed by atoms with Crippen LogP contribution in [0.25, 0.3) is 6.08 Å². The van der Waals surface area contributed by atoms with E-state index in [0.717, 1.165) is 6.08 Å². The number of esters is 1. The van der Waals surface area contributed by atoms with Crippen molar-refractivity contribution < 1.29 is 27.8 Å². The fourth-order valence-corrected chi connectivity index (χ4v) is 1.60. The van der Waals surface area contributed by atoms with E-state index in [9.17, 15) is 13.6 Å². The van der Waals surface area contributed by atoms with Gasteiger partial charge in [-0.1, -0.05) is 12.1 Å². The van der Waals surface area contributed by atoms with Gasteiger partial charge in [0.1, 0.15) is 11.6 Å². The summed E-state index contributed by atoms with van der Waals surface area (Å²) in [6.07, 6.45) is -2.65. The summed E-state index contributed by atoms with van der Waals surface area (Å²) < 4.78 is 39.3. The van der Waals surface area contributed by atoms with Crippen molar-refractivity contribution in [1.29, 1.82) is 5.26 Å². The number of fused-ring (bicyclic) bond motifs is 1. The quantitative estimate of drug-likeness (QED) is 0.483. The van der Waals surface area contributed by atoms with Crippen LogP contribution in [0.2, 0.25) is 0 Å². The molecule has 1 aliphatic heterocycles. The number of hydrogen-bond acceptors (Lipinski definition) is 5. The number of carbonyl (C=O) groups is 1. The van der Waals surface area contributed by atoms with Crippen LogP contribution in [0.3, 0.4) is 0 Å². The summed E-state index contributed by atoms with van der Waals surface area (Å²) in [7, 11) is 0. The summed E-state index contributed by atoms with van der Waals surface area (Å²) >= 11 is 0. The molecule has 7 heteroatoms. The van der Waals surface area contributed by atoms with Crippen molar-refractivity contribution in [2.24, 2.45) is 0 Å². The SMILES string of the molecule is CCOC(=O)C(C#N)=Cc1cccc2c1OC(F)(F)O2. The minimum atomic E-state index is -3.76. The van der Waals surface area contributed by atoms with Crippen LogP contribution in [0.1, 0.15) is 12.5 Å². The molecule has 0 N–H and O–H groups in total. The number of rotatable bonds is 3. The summed E-state index contributed by atoms with van der Waals surface area (Å²) in [6.45, 7) is 1.69. The average molecular weight is 281 g/mol. The zero-order valence-electron chi connectivity index (χ0n) is 10.4. The summed E-state index contributed by atoms with van der Waals surface area (Å²) in [5.41, 5.74) is -0.191. The van der Waals surface area contributed by atoms with Gasteiger partial charge in [-0.15, -0.1) is 8.78 Å². The van der Waals surface area contributed by atoms with Crippen molar-refractivity contribution in [2.45, 2.75) is 13.2 Å². The molecule has 0 saturated carbocycles. The molecule has 0 saturated heterocycles. The van der Waals surface area contributed by atoms with Gasteiger partial charge in [0.25, 0.3) is 0 Å². The number of halogens is 2. The predicted octanol–water partition coefficient (Wildman–Crippen LogP) is 2.48. The normalized spacial score (nSPS) is 15.6. The summed E-state index contributed by atoms with van der Waals surface area (Å²) in [5.74, 6) is -1.22. The molecular weight excluding hydrogens is 272 g/mol. The lowest BCUT2D eigenvalue weighted by Gasteiger charge is -2.05. The fourth-order valence-electron chi connectivity index (χ4n) is 1.60. The first-order valence-corrected chi connectivity index (χ1v) is 5.64. The second kappa shape index (κ2) is 5.17. The molecule has 104 valence electrons. The molecule has 1 heterocycles. The van der Waals surface area contributed by atoms with Gasteiger partial charge in [-0.05, 0) is 19.1 Å². The standard InChI is InChI=1S/C13H9F2NO4/c1-2-18-12(17)9(7-16)6-8-4-3-5-10-11(8)20-13(14,15)19-10/h3-6H,2H2,1H3. The van der Waals surface area contributed by atoms with Gasteiger partial charge in [-0.3, -0.25) is 0 Å². The van der Waals surface area contributed by atoms with E-state index < -0.39 is 12.3 Å². The fraction of sp³-hybridized carbons (Fsp3) is 0.231. The molecule has 0 amide bonds. The molecule has 1 aromatic carbocycles. The van der Waals surface area contributed by atoms with Gasteiger partial charge in [0.15, 0.2) is 11.5 Å². The number of ether oxygens (including phenoxy) is 3. The second-order valence-electron chi connectivity index (χ2n) is 3.73. The van der Waals surface area contributed by atoms with Crippen molar-refractivity contribution in [3.63, 3.8) is 0 Å². The second-order valence-corrected chi connectivity index (χ2v) is 3.73. The Balaban J connectivity index is 2.39. The van der Waals surface area contributed by atoms with E-state index >= 15 is 0 Å². The number of carbonyl (C=O) groups excluding carboxylic acids is 1. The Morgan fingerprint density at radius 1 is 1.50 bits per heavy atom. The minimum absolute atomic E-state index is 0.0996. The largest absolute Gasteiger partial charge is 0.586 e. The molecule has 0 spiro atoms. The molecule has 0 fully saturated rings. The van der Waals surface area contributed by atoms with E-state index in [1.807, 2.05) is 0 Å². The van der Waals surface area contributed by atoms with Crippen LogP contribution in [0.15, 0.2) is 23.8 Å². The summed E-state index contributed by atoms with van der Waals surface area (Å²) in [6, 6.07) is 5.80. The highest BCUT2D eigenvalue weighted by molar-refractivity contribution is 5.98. The molecular formula is C13H9F2NO4. The van der Waals surface area contributed by atoms with E-state index in [-0.39, 0.29) is 29.2 Å². The number of para-hydroxylation sites is 1. The van der Waals surface area contributed by atoms with Crippen LogP contribution in [0.5, 0.6) is 11.5 Å².